The van der Waals surface area contributed by atoms with Gasteiger partial charge in [0.25, 0.3) is 5.91 Å². The molecule has 152 valence electrons. The lowest BCUT2D eigenvalue weighted by Gasteiger charge is -2.57. The average molecular weight is 386 g/mol. The van der Waals surface area contributed by atoms with Gasteiger partial charge in [-0.1, -0.05) is 17.7 Å². The second-order valence-corrected chi connectivity index (χ2v) is 9.23. The van der Waals surface area contributed by atoms with Gasteiger partial charge in [-0.3, -0.25) is 9.59 Å². The highest BCUT2D eigenvalue weighted by atomic mass is 16.5. The second kappa shape index (κ2) is 7.76. The number of benzene rings is 1. The number of ether oxygens (including phenoxy) is 2. The number of esters is 1. The highest BCUT2D eigenvalue weighted by Crippen LogP contribution is 2.55. The maximum Gasteiger partial charge on any atom is 0.310 e. The Hall–Kier alpha value is -2.04. The molecule has 0 saturated heterocycles. The van der Waals surface area contributed by atoms with Gasteiger partial charge in [0.1, 0.15) is 5.75 Å². The molecule has 4 aliphatic rings. The van der Waals surface area contributed by atoms with Gasteiger partial charge in [0.2, 0.25) is 0 Å². The molecule has 0 radical (unpaired) electrons. The van der Waals surface area contributed by atoms with Crippen LogP contribution in [-0.4, -0.2) is 30.1 Å². The van der Waals surface area contributed by atoms with Gasteiger partial charge < -0.3 is 14.8 Å². The summed E-state index contributed by atoms with van der Waals surface area (Å²) in [6, 6.07) is 7.68. The Bertz CT molecular complexity index is 691. The van der Waals surface area contributed by atoms with Crippen molar-refractivity contribution in [2.24, 2.45) is 17.8 Å². The third-order valence-corrected chi connectivity index (χ3v) is 6.70. The third kappa shape index (κ3) is 4.34. The van der Waals surface area contributed by atoms with E-state index >= 15 is 0 Å². The van der Waals surface area contributed by atoms with E-state index in [1.165, 1.54) is 19.3 Å². The lowest BCUT2D eigenvalue weighted by molar-refractivity contribution is -0.157. The average Bonchev–Trinajstić information content (AvgIpc) is 2.61. The van der Waals surface area contributed by atoms with Crippen LogP contribution in [0.4, 0.5) is 0 Å². The van der Waals surface area contributed by atoms with Gasteiger partial charge in [-0.2, -0.15) is 0 Å². The van der Waals surface area contributed by atoms with Crippen LogP contribution in [0.3, 0.4) is 0 Å². The Labute approximate surface area is 167 Å². The van der Waals surface area contributed by atoms with Crippen LogP contribution in [0, 0.1) is 24.7 Å². The fraction of sp³-hybridized carbons (Fsp3) is 0.652. The van der Waals surface area contributed by atoms with Crippen molar-refractivity contribution in [2.45, 2.75) is 70.4 Å². The van der Waals surface area contributed by atoms with Gasteiger partial charge in [-0.25, -0.2) is 0 Å². The molecule has 4 aliphatic carbocycles. The minimum atomic E-state index is -0.764. The number of carbonyl (C=O) groups is 2. The van der Waals surface area contributed by atoms with Crippen LogP contribution >= 0.6 is 0 Å². The monoisotopic (exact) mass is 385 g/mol. The molecule has 4 bridgehead atoms. The highest BCUT2D eigenvalue weighted by Gasteiger charge is 2.51. The summed E-state index contributed by atoms with van der Waals surface area (Å²) in [7, 11) is 0. The quantitative estimate of drug-likeness (QED) is 0.726. The molecule has 5 nitrogen and oxygen atoms in total. The first-order valence-electron chi connectivity index (χ1n) is 10.6. The minimum absolute atomic E-state index is 0.0545. The molecule has 1 aromatic rings. The number of hydrogen-bond acceptors (Lipinski definition) is 4. The normalized spacial score (nSPS) is 31.3. The Morgan fingerprint density at radius 1 is 1.07 bits per heavy atom. The number of nitrogens with one attached hydrogen (secondary N) is 1. The molecule has 0 aliphatic heterocycles. The molecule has 1 aromatic carbocycles. The molecule has 4 fully saturated rings. The number of carbonyl (C=O) groups excluding carboxylic acids is 2. The van der Waals surface area contributed by atoms with Crippen molar-refractivity contribution in [2.75, 3.05) is 6.61 Å². The molecule has 1 atom stereocenters. The lowest BCUT2D eigenvalue weighted by Crippen LogP contribution is -2.61. The molecule has 0 heterocycles. The van der Waals surface area contributed by atoms with Crippen molar-refractivity contribution in [1.82, 2.24) is 5.32 Å². The summed E-state index contributed by atoms with van der Waals surface area (Å²) >= 11 is 0. The number of aryl methyl sites for hydroxylation is 1. The van der Waals surface area contributed by atoms with E-state index in [-0.39, 0.29) is 24.5 Å². The topological polar surface area (TPSA) is 64.6 Å². The van der Waals surface area contributed by atoms with E-state index in [0.29, 0.717) is 0 Å². The zero-order valence-corrected chi connectivity index (χ0v) is 16.9. The molecule has 5 rings (SSSR count). The maximum absolute atomic E-state index is 12.7. The smallest absolute Gasteiger partial charge is 0.310 e. The van der Waals surface area contributed by atoms with Gasteiger partial charge in [-0.15, -0.1) is 0 Å². The largest absolute Gasteiger partial charge is 0.493 e. The first kappa shape index (κ1) is 19.3. The summed E-state index contributed by atoms with van der Waals surface area (Å²) < 4.78 is 10.9. The molecular formula is C23H31NO4. The van der Waals surface area contributed by atoms with Crippen molar-refractivity contribution in [3.05, 3.63) is 29.8 Å². The van der Waals surface area contributed by atoms with E-state index in [0.717, 1.165) is 48.3 Å². The fourth-order valence-corrected chi connectivity index (χ4v) is 5.82. The standard InChI is InChI=1S/C23H31NO4/c1-15-3-5-20(6-4-15)27-8-7-21(25)28-16(2)22(26)24-23-12-17-9-18(13-23)11-19(10-17)14-23/h3-6,16-19H,7-14H2,1-2H3,(H,24,26)/t16-,17?,18?,19?,23?/m1/s1. The van der Waals surface area contributed by atoms with Crippen LogP contribution < -0.4 is 10.1 Å². The summed E-state index contributed by atoms with van der Waals surface area (Å²) in [6.45, 7) is 3.91. The van der Waals surface area contributed by atoms with Crippen molar-refractivity contribution in [1.29, 1.82) is 0 Å². The van der Waals surface area contributed by atoms with Gasteiger partial charge >= 0.3 is 5.97 Å². The van der Waals surface area contributed by atoms with E-state index in [4.69, 9.17) is 9.47 Å². The van der Waals surface area contributed by atoms with E-state index in [1.54, 1.807) is 6.92 Å². The number of hydrogen-bond donors (Lipinski definition) is 1. The molecule has 0 spiro atoms. The van der Waals surface area contributed by atoms with Crippen LogP contribution in [0.5, 0.6) is 5.75 Å². The Morgan fingerprint density at radius 2 is 1.64 bits per heavy atom. The molecule has 4 saturated carbocycles. The zero-order valence-electron chi connectivity index (χ0n) is 16.9. The molecule has 0 unspecified atom stereocenters. The van der Waals surface area contributed by atoms with Gasteiger partial charge in [0.05, 0.1) is 13.0 Å². The minimum Gasteiger partial charge on any atom is -0.493 e. The van der Waals surface area contributed by atoms with Crippen molar-refractivity contribution in [3.8, 4) is 5.75 Å². The van der Waals surface area contributed by atoms with Crippen molar-refractivity contribution >= 4 is 11.9 Å². The van der Waals surface area contributed by atoms with Crippen LogP contribution in [-0.2, 0) is 14.3 Å². The van der Waals surface area contributed by atoms with E-state index in [9.17, 15) is 9.59 Å². The summed E-state index contributed by atoms with van der Waals surface area (Å²) in [5, 5.41) is 3.27. The van der Waals surface area contributed by atoms with Crippen LogP contribution in [0.1, 0.15) is 57.4 Å². The van der Waals surface area contributed by atoms with Crippen LogP contribution in [0.15, 0.2) is 24.3 Å². The van der Waals surface area contributed by atoms with Crippen LogP contribution in [0.2, 0.25) is 0 Å². The van der Waals surface area contributed by atoms with Crippen molar-refractivity contribution < 1.29 is 19.1 Å². The molecule has 5 heteroatoms. The third-order valence-electron chi connectivity index (χ3n) is 6.70. The Morgan fingerprint density at radius 3 is 2.21 bits per heavy atom. The molecule has 1 N–H and O–H groups in total. The van der Waals surface area contributed by atoms with Gasteiger partial charge in [0.15, 0.2) is 6.10 Å². The first-order chi connectivity index (χ1) is 13.4. The second-order valence-electron chi connectivity index (χ2n) is 9.23. The summed E-state index contributed by atoms with van der Waals surface area (Å²) in [5.41, 5.74) is 1.10. The SMILES string of the molecule is Cc1ccc(OCCC(=O)O[C@H](C)C(=O)NC23CC4CC(CC(C4)C2)C3)cc1. The fourth-order valence-electron chi connectivity index (χ4n) is 5.82. The highest BCUT2D eigenvalue weighted by molar-refractivity contribution is 5.84. The summed E-state index contributed by atoms with van der Waals surface area (Å²) in [4.78, 5) is 24.8. The Balaban J connectivity index is 1.22. The molecule has 28 heavy (non-hydrogen) atoms. The first-order valence-corrected chi connectivity index (χ1v) is 10.6. The number of rotatable bonds is 7. The predicted octanol–water partition coefficient (Wildman–Crippen LogP) is 3.78. The summed E-state index contributed by atoms with van der Waals surface area (Å²) in [5.74, 6) is 2.47. The Kier molecular flexibility index (Phi) is 5.35. The molecular weight excluding hydrogens is 354 g/mol. The van der Waals surface area contributed by atoms with E-state index in [1.807, 2.05) is 31.2 Å². The molecule has 1 amide bonds. The van der Waals surface area contributed by atoms with Gasteiger partial charge in [0, 0.05) is 5.54 Å². The number of amides is 1. The predicted molar refractivity (Wildman–Crippen MR) is 106 cm³/mol. The van der Waals surface area contributed by atoms with E-state index in [2.05, 4.69) is 5.32 Å². The zero-order chi connectivity index (χ0) is 19.7. The lowest BCUT2D eigenvalue weighted by atomic mass is 9.53. The maximum atomic E-state index is 12.7. The van der Waals surface area contributed by atoms with Crippen molar-refractivity contribution in [3.63, 3.8) is 0 Å². The van der Waals surface area contributed by atoms with Gasteiger partial charge in [-0.05, 0) is 82.3 Å². The summed E-state index contributed by atoms with van der Waals surface area (Å²) in [6.07, 6.45) is 6.64. The molecule has 0 aromatic heterocycles. The van der Waals surface area contributed by atoms with Crippen LogP contribution in [0.25, 0.3) is 0 Å². The van der Waals surface area contributed by atoms with E-state index < -0.39 is 12.1 Å².